The van der Waals surface area contributed by atoms with Crippen LogP contribution in [0.1, 0.15) is 17.2 Å². The van der Waals surface area contributed by atoms with Gasteiger partial charge in [-0.05, 0) is 35.4 Å². The number of aliphatic hydroxyl groups is 1. The Morgan fingerprint density at radius 3 is 1.76 bits per heavy atom. The number of hydrogen-bond donors (Lipinski definition) is 1. The highest BCUT2D eigenvalue weighted by Gasteiger charge is 2.22. The number of benzene rings is 3. The third-order valence-corrected chi connectivity index (χ3v) is 4.29. The summed E-state index contributed by atoms with van der Waals surface area (Å²) in [5, 5.41) is 9.68. The zero-order valence-corrected chi connectivity index (χ0v) is 14.4. The molecule has 0 bridgehead atoms. The van der Waals surface area contributed by atoms with Gasteiger partial charge in [0.1, 0.15) is 5.75 Å². The summed E-state index contributed by atoms with van der Waals surface area (Å²) >= 11 is 0. The second-order valence-electron chi connectivity index (χ2n) is 5.84. The van der Waals surface area contributed by atoms with Crippen LogP contribution < -0.4 is 9.64 Å². The molecule has 0 radical (unpaired) electrons. The monoisotopic (exact) mass is 333 g/mol. The summed E-state index contributed by atoms with van der Waals surface area (Å²) in [5.41, 5.74) is 3.43. The van der Waals surface area contributed by atoms with E-state index in [1.807, 2.05) is 36.4 Å². The minimum absolute atomic E-state index is 0.0305. The van der Waals surface area contributed by atoms with Gasteiger partial charge in [-0.3, -0.25) is 0 Å². The van der Waals surface area contributed by atoms with Crippen molar-refractivity contribution in [2.24, 2.45) is 0 Å². The number of aliphatic hydroxyl groups excluding tert-OH is 1. The first-order valence-electron chi connectivity index (χ1n) is 8.45. The third kappa shape index (κ3) is 4.01. The average molecular weight is 333 g/mol. The Kier molecular flexibility index (Phi) is 5.70. The molecule has 0 aliphatic heterocycles. The highest BCUT2D eigenvalue weighted by Crippen LogP contribution is 2.33. The zero-order valence-electron chi connectivity index (χ0n) is 14.4. The molecule has 3 aromatic carbocycles. The number of hydrogen-bond acceptors (Lipinski definition) is 3. The van der Waals surface area contributed by atoms with Gasteiger partial charge in [0, 0.05) is 12.2 Å². The molecule has 0 aromatic heterocycles. The zero-order chi connectivity index (χ0) is 17.5. The minimum Gasteiger partial charge on any atom is -0.497 e. The van der Waals surface area contributed by atoms with Crippen molar-refractivity contribution in [3.63, 3.8) is 0 Å². The van der Waals surface area contributed by atoms with Crippen LogP contribution in [0.2, 0.25) is 0 Å². The third-order valence-electron chi connectivity index (χ3n) is 4.29. The largest absolute Gasteiger partial charge is 0.497 e. The molecule has 0 fully saturated rings. The molecule has 3 heteroatoms. The lowest BCUT2D eigenvalue weighted by Crippen LogP contribution is -2.32. The Morgan fingerprint density at radius 2 is 1.32 bits per heavy atom. The Labute approximate surface area is 149 Å². The maximum Gasteiger partial charge on any atom is 0.119 e. The van der Waals surface area contributed by atoms with Crippen molar-refractivity contribution in [1.29, 1.82) is 0 Å². The maximum absolute atomic E-state index is 9.68. The van der Waals surface area contributed by atoms with Gasteiger partial charge in [-0.2, -0.15) is 0 Å². The van der Waals surface area contributed by atoms with Crippen molar-refractivity contribution in [2.75, 3.05) is 25.2 Å². The van der Waals surface area contributed by atoms with E-state index in [0.717, 1.165) is 11.4 Å². The molecular weight excluding hydrogens is 310 g/mol. The van der Waals surface area contributed by atoms with Gasteiger partial charge >= 0.3 is 0 Å². The predicted molar refractivity (Wildman–Crippen MR) is 102 cm³/mol. The quantitative estimate of drug-likeness (QED) is 0.700. The molecular formula is C22H23NO2. The van der Waals surface area contributed by atoms with E-state index >= 15 is 0 Å². The molecule has 0 aliphatic carbocycles. The lowest BCUT2D eigenvalue weighted by atomic mass is 9.96. The molecule has 0 aliphatic rings. The summed E-state index contributed by atoms with van der Waals surface area (Å²) in [6.07, 6.45) is 0. The second-order valence-corrected chi connectivity index (χ2v) is 5.84. The van der Waals surface area contributed by atoms with Crippen LogP contribution in [0.25, 0.3) is 0 Å². The molecule has 128 valence electrons. The van der Waals surface area contributed by atoms with E-state index in [1.165, 1.54) is 11.1 Å². The van der Waals surface area contributed by atoms with E-state index in [-0.39, 0.29) is 12.6 Å². The summed E-state index contributed by atoms with van der Waals surface area (Å²) in [4.78, 5) is 2.23. The minimum atomic E-state index is 0.0305. The number of ether oxygens (including phenoxy) is 1. The molecule has 0 spiro atoms. The molecule has 3 nitrogen and oxygen atoms in total. The first-order chi connectivity index (χ1) is 12.3. The molecule has 3 rings (SSSR count). The van der Waals surface area contributed by atoms with Gasteiger partial charge in [0.15, 0.2) is 0 Å². The highest BCUT2D eigenvalue weighted by atomic mass is 16.5. The molecule has 0 heterocycles. The molecule has 25 heavy (non-hydrogen) atoms. The fourth-order valence-corrected chi connectivity index (χ4v) is 3.11. The topological polar surface area (TPSA) is 32.7 Å². The number of rotatable bonds is 7. The van der Waals surface area contributed by atoms with Crippen molar-refractivity contribution in [1.82, 2.24) is 0 Å². The van der Waals surface area contributed by atoms with Gasteiger partial charge in [-0.1, -0.05) is 60.7 Å². The van der Waals surface area contributed by atoms with Gasteiger partial charge in [-0.25, -0.2) is 0 Å². The van der Waals surface area contributed by atoms with Gasteiger partial charge in [-0.15, -0.1) is 0 Å². The Morgan fingerprint density at radius 1 is 0.800 bits per heavy atom. The van der Waals surface area contributed by atoms with Crippen molar-refractivity contribution in [3.8, 4) is 5.75 Å². The van der Waals surface area contributed by atoms with Crippen LogP contribution in [-0.4, -0.2) is 25.4 Å². The van der Waals surface area contributed by atoms with E-state index in [9.17, 15) is 5.11 Å². The van der Waals surface area contributed by atoms with E-state index in [2.05, 4.69) is 53.4 Å². The molecule has 1 N–H and O–H groups in total. The Balaban J connectivity index is 2.06. The van der Waals surface area contributed by atoms with Crippen LogP contribution in [0.3, 0.4) is 0 Å². The molecule has 0 unspecified atom stereocenters. The highest BCUT2D eigenvalue weighted by molar-refractivity contribution is 5.54. The SMILES string of the molecule is COc1ccc(N(CCO)C(c2ccccc2)c2ccccc2)cc1. The second kappa shape index (κ2) is 8.36. The lowest BCUT2D eigenvalue weighted by Gasteiger charge is -2.34. The number of anilines is 1. The van der Waals surface area contributed by atoms with Gasteiger partial charge in [0.05, 0.1) is 19.8 Å². The van der Waals surface area contributed by atoms with Crippen LogP contribution in [0, 0.1) is 0 Å². The molecule has 0 amide bonds. The Hall–Kier alpha value is -2.78. The van der Waals surface area contributed by atoms with Gasteiger partial charge in [0.2, 0.25) is 0 Å². The summed E-state index contributed by atoms with van der Waals surface area (Å²) in [6, 6.07) is 28.8. The standard InChI is InChI=1S/C22H23NO2/c1-25-21-14-12-20(13-15-21)23(16-17-24)22(18-8-4-2-5-9-18)19-10-6-3-7-11-19/h2-15,22,24H,16-17H2,1H3. The van der Waals surface area contributed by atoms with Crippen molar-refractivity contribution in [2.45, 2.75) is 6.04 Å². The molecule has 0 saturated heterocycles. The average Bonchev–Trinajstić information content (AvgIpc) is 2.69. The fourth-order valence-electron chi connectivity index (χ4n) is 3.11. The normalized spacial score (nSPS) is 10.7. The van der Waals surface area contributed by atoms with E-state index < -0.39 is 0 Å². The van der Waals surface area contributed by atoms with Crippen LogP contribution in [0.15, 0.2) is 84.9 Å². The van der Waals surface area contributed by atoms with Crippen LogP contribution in [-0.2, 0) is 0 Å². The maximum atomic E-state index is 9.68. The van der Waals surface area contributed by atoms with E-state index in [1.54, 1.807) is 7.11 Å². The van der Waals surface area contributed by atoms with Crippen molar-refractivity contribution in [3.05, 3.63) is 96.1 Å². The number of methoxy groups -OCH3 is 1. The lowest BCUT2D eigenvalue weighted by molar-refractivity contribution is 0.299. The van der Waals surface area contributed by atoms with Crippen molar-refractivity contribution < 1.29 is 9.84 Å². The Bertz CT molecular complexity index is 718. The van der Waals surface area contributed by atoms with Crippen LogP contribution in [0.5, 0.6) is 5.75 Å². The van der Waals surface area contributed by atoms with E-state index in [4.69, 9.17) is 4.74 Å². The summed E-state index contributed by atoms with van der Waals surface area (Å²) in [6.45, 7) is 0.628. The van der Waals surface area contributed by atoms with Gasteiger partial charge in [0.25, 0.3) is 0 Å². The summed E-state index contributed by atoms with van der Waals surface area (Å²) in [5.74, 6) is 0.823. The fraction of sp³-hybridized carbons (Fsp3) is 0.182. The predicted octanol–water partition coefficient (Wildman–Crippen LogP) is 4.28. The molecule has 0 saturated carbocycles. The van der Waals surface area contributed by atoms with Crippen LogP contribution in [0.4, 0.5) is 5.69 Å². The smallest absolute Gasteiger partial charge is 0.119 e. The van der Waals surface area contributed by atoms with E-state index in [0.29, 0.717) is 6.54 Å². The summed E-state index contributed by atoms with van der Waals surface area (Å²) in [7, 11) is 1.66. The number of nitrogens with zero attached hydrogens (tertiary/aromatic N) is 1. The first-order valence-corrected chi connectivity index (χ1v) is 8.45. The van der Waals surface area contributed by atoms with Crippen LogP contribution >= 0.6 is 0 Å². The molecule has 3 aromatic rings. The van der Waals surface area contributed by atoms with Gasteiger partial charge < -0.3 is 14.7 Å². The summed E-state index contributed by atoms with van der Waals surface area (Å²) < 4.78 is 5.27. The van der Waals surface area contributed by atoms with Crippen molar-refractivity contribution >= 4 is 5.69 Å². The molecule has 0 atom stereocenters. The first kappa shape index (κ1) is 17.1.